The summed E-state index contributed by atoms with van der Waals surface area (Å²) < 4.78 is 25.2. The fourth-order valence-corrected chi connectivity index (χ4v) is 2.55. The number of para-hydroxylation sites is 2. The number of nitrogens with one attached hydrogen (secondary N) is 2. The van der Waals surface area contributed by atoms with E-state index in [0.717, 1.165) is 11.8 Å². The monoisotopic (exact) mass is 306 g/mol. The van der Waals surface area contributed by atoms with Gasteiger partial charge in [-0.05, 0) is 36.8 Å². The molecule has 0 aliphatic heterocycles. The second kappa shape index (κ2) is 6.05. The van der Waals surface area contributed by atoms with E-state index >= 15 is 0 Å². The Hall–Kier alpha value is -2.21. The summed E-state index contributed by atoms with van der Waals surface area (Å²) in [6, 6.07) is 14.0. The van der Waals surface area contributed by atoms with Crippen LogP contribution in [-0.4, -0.2) is 19.8 Å². The molecule has 0 saturated carbocycles. The lowest BCUT2D eigenvalue weighted by Gasteiger charge is -2.18. The molecule has 0 spiro atoms. The predicted octanol–water partition coefficient (Wildman–Crippen LogP) is 2.94. The summed E-state index contributed by atoms with van der Waals surface area (Å²) in [6.45, 7) is 1.96. The van der Waals surface area contributed by atoms with Crippen LogP contribution in [0.1, 0.15) is 18.5 Å². The number of hydrogen-bond donors (Lipinski definition) is 3. The summed E-state index contributed by atoms with van der Waals surface area (Å²) in [7, 11) is -3.33. The molecule has 3 N–H and O–H groups in total. The molecule has 2 rings (SSSR count). The zero-order chi connectivity index (χ0) is 15.5. The van der Waals surface area contributed by atoms with E-state index in [1.54, 1.807) is 24.3 Å². The first-order chi connectivity index (χ1) is 9.85. The van der Waals surface area contributed by atoms with Gasteiger partial charge in [0.15, 0.2) is 0 Å². The van der Waals surface area contributed by atoms with Crippen LogP contribution in [0, 0.1) is 0 Å². The van der Waals surface area contributed by atoms with E-state index in [2.05, 4.69) is 10.0 Å². The van der Waals surface area contributed by atoms with E-state index in [1.807, 2.05) is 31.2 Å². The van der Waals surface area contributed by atoms with E-state index in [0.29, 0.717) is 11.4 Å². The summed E-state index contributed by atoms with van der Waals surface area (Å²) >= 11 is 0. The number of aromatic hydroxyl groups is 1. The second-order valence-electron chi connectivity index (χ2n) is 4.88. The molecule has 2 aromatic rings. The van der Waals surface area contributed by atoms with Crippen molar-refractivity contribution in [2.24, 2.45) is 0 Å². The summed E-state index contributed by atoms with van der Waals surface area (Å²) in [4.78, 5) is 0. The SMILES string of the molecule is CC(Nc1ccccc1NS(C)(=O)=O)c1ccc(O)cc1. The first-order valence-electron chi connectivity index (χ1n) is 6.47. The molecule has 0 heterocycles. The Morgan fingerprint density at radius 1 is 1.00 bits per heavy atom. The van der Waals surface area contributed by atoms with Crippen LogP contribution in [-0.2, 0) is 10.0 Å². The van der Waals surface area contributed by atoms with Gasteiger partial charge in [0.1, 0.15) is 5.75 Å². The van der Waals surface area contributed by atoms with Gasteiger partial charge in [0.2, 0.25) is 10.0 Å². The van der Waals surface area contributed by atoms with Crippen molar-refractivity contribution in [2.45, 2.75) is 13.0 Å². The Kier molecular flexibility index (Phi) is 4.37. The van der Waals surface area contributed by atoms with Crippen LogP contribution in [0.2, 0.25) is 0 Å². The molecule has 112 valence electrons. The summed E-state index contributed by atoms with van der Waals surface area (Å²) in [5, 5.41) is 12.6. The molecule has 1 unspecified atom stereocenters. The number of hydrogen-bond acceptors (Lipinski definition) is 4. The second-order valence-corrected chi connectivity index (χ2v) is 6.63. The quantitative estimate of drug-likeness (QED) is 0.793. The highest BCUT2D eigenvalue weighted by atomic mass is 32.2. The number of phenolic OH excluding ortho intramolecular Hbond substituents is 1. The van der Waals surface area contributed by atoms with Crippen molar-refractivity contribution in [3.05, 3.63) is 54.1 Å². The van der Waals surface area contributed by atoms with Crippen molar-refractivity contribution in [2.75, 3.05) is 16.3 Å². The van der Waals surface area contributed by atoms with Crippen molar-refractivity contribution in [3.8, 4) is 5.75 Å². The Labute approximate surface area is 124 Å². The zero-order valence-corrected chi connectivity index (χ0v) is 12.7. The van der Waals surface area contributed by atoms with Gasteiger partial charge in [-0.15, -0.1) is 0 Å². The van der Waals surface area contributed by atoms with Crippen LogP contribution in [0.25, 0.3) is 0 Å². The maximum Gasteiger partial charge on any atom is 0.229 e. The molecule has 0 fully saturated rings. The van der Waals surface area contributed by atoms with Crippen LogP contribution < -0.4 is 10.0 Å². The van der Waals surface area contributed by atoms with Gasteiger partial charge in [-0.3, -0.25) is 4.72 Å². The molecule has 0 radical (unpaired) electrons. The summed E-state index contributed by atoms with van der Waals surface area (Å²) in [6.07, 6.45) is 1.12. The van der Waals surface area contributed by atoms with Crippen LogP contribution >= 0.6 is 0 Å². The third-order valence-electron chi connectivity index (χ3n) is 2.99. The number of sulfonamides is 1. The van der Waals surface area contributed by atoms with E-state index in [-0.39, 0.29) is 11.8 Å². The number of phenols is 1. The lowest BCUT2D eigenvalue weighted by atomic mass is 10.1. The van der Waals surface area contributed by atoms with Crippen LogP contribution in [0.5, 0.6) is 5.75 Å². The molecule has 0 bridgehead atoms. The Bertz CT molecular complexity index is 712. The highest BCUT2D eigenvalue weighted by Gasteiger charge is 2.10. The molecule has 1 atom stereocenters. The number of rotatable bonds is 5. The molecule has 21 heavy (non-hydrogen) atoms. The smallest absolute Gasteiger partial charge is 0.229 e. The summed E-state index contributed by atoms with van der Waals surface area (Å²) in [5.41, 5.74) is 2.19. The van der Waals surface area contributed by atoms with Crippen LogP contribution in [0.15, 0.2) is 48.5 Å². The van der Waals surface area contributed by atoms with Crippen molar-refractivity contribution in [1.82, 2.24) is 0 Å². The fourth-order valence-electron chi connectivity index (χ4n) is 1.98. The predicted molar refractivity (Wildman–Crippen MR) is 85.1 cm³/mol. The Balaban J connectivity index is 2.21. The highest BCUT2D eigenvalue weighted by molar-refractivity contribution is 7.92. The van der Waals surface area contributed by atoms with E-state index in [4.69, 9.17) is 0 Å². The molecule has 0 aromatic heterocycles. The van der Waals surface area contributed by atoms with Gasteiger partial charge in [-0.2, -0.15) is 0 Å². The average molecular weight is 306 g/mol. The molecule has 0 aliphatic carbocycles. The van der Waals surface area contributed by atoms with Gasteiger partial charge in [0, 0.05) is 6.04 Å². The van der Waals surface area contributed by atoms with Crippen molar-refractivity contribution in [1.29, 1.82) is 0 Å². The average Bonchev–Trinajstić information content (AvgIpc) is 2.40. The normalized spacial score (nSPS) is 12.7. The largest absolute Gasteiger partial charge is 0.508 e. The van der Waals surface area contributed by atoms with Crippen LogP contribution in [0.4, 0.5) is 11.4 Å². The van der Waals surface area contributed by atoms with Gasteiger partial charge in [0.25, 0.3) is 0 Å². The number of anilines is 2. The minimum absolute atomic E-state index is 0.0342. The van der Waals surface area contributed by atoms with E-state index < -0.39 is 10.0 Å². The lowest BCUT2D eigenvalue weighted by Crippen LogP contribution is -2.13. The van der Waals surface area contributed by atoms with Crippen molar-refractivity contribution >= 4 is 21.4 Å². The van der Waals surface area contributed by atoms with Crippen molar-refractivity contribution < 1.29 is 13.5 Å². The first-order valence-corrected chi connectivity index (χ1v) is 8.36. The molecule has 2 aromatic carbocycles. The Morgan fingerprint density at radius 2 is 1.57 bits per heavy atom. The molecule has 0 aliphatic rings. The molecule has 0 saturated heterocycles. The zero-order valence-electron chi connectivity index (χ0n) is 11.9. The maximum absolute atomic E-state index is 11.4. The summed E-state index contributed by atoms with van der Waals surface area (Å²) in [5.74, 6) is 0.213. The molecule has 6 heteroatoms. The van der Waals surface area contributed by atoms with E-state index in [1.165, 1.54) is 0 Å². The number of benzene rings is 2. The topological polar surface area (TPSA) is 78.4 Å². The minimum Gasteiger partial charge on any atom is -0.508 e. The standard InChI is InChI=1S/C15H18N2O3S/c1-11(12-7-9-13(18)10-8-12)16-14-5-3-4-6-15(14)17-21(2,19)20/h3-11,16-18H,1-2H3. The van der Waals surface area contributed by atoms with Crippen LogP contribution in [0.3, 0.4) is 0 Å². The lowest BCUT2D eigenvalue weighted by molar-refractivity contribution is 0.475. The van der Waals surface area contributed by atoms with Gasteiger partial charge < -0.3 is 10.4 Å². The third-order valence-corrected chi connectivity index (χ3v) is 3.58. The maximum atomic E-state index is 11.4. The van der Waals surface area contributed by atoms with Gasteiger partial charge in [-0.1, -0.05) is 24.3 Å². The van der Waals surface area contributed by atoms with Gasteiger partial charge in [0.05, 0.1) is 17.6 Å². The molecular weight excluding hydrogens is 288 g/mol. The van der Waals surface area contributed by atoms with Crippen molar-refractivity contribution in [3.63, 3.8) is 0 Å². The fraction of sp³-hybridized carbons (Fsp3) is 0.200. The third kappa shape index (κ3) is 4.39. The van der Waals surface area contributed by atoms with Gasteiger partial charge >= 0.3 is 0 Å². The Morgan fingerprint density at radius 3 is 2.14 bits per heavy atom. The molecule has 5 nitrogen and oxygen atoms in total. The van der Waals surface area contributed by atoms with Gasteiger partial charge in [-0.25, -0.2) is 8.42 Å². The first kappa shape index (κ1) is 15.2. The van der Waals surface area contributed by atoms with E-state index in [9.17, 15) is 13.5 Å². The molecular formula is C15H18N2O3S. The molecule has 0 amide bonds. The minimum atomic E-state index is -3.33. The highest BCUT2D eigenvalue weighted by Crippen LogP contribution is 2.27.